The highest BCUT2D eigenvalue weighted by Crippen LogP contribution is 2.61. The minimum absolute atomic E-state index is 0.00968. The number of nitrogens with zero attached hydrogens (tertiary/aromatic N) is 1. The van der Waals surface area contributed by atoms with Crippen LogP contribution in [0, 0.1) is 28.6 Å². The van der Waals surface area contributed by atoms with Crippen LogP contribution in [0.4, 0.5) is 0 Å². The fraction of sp³-hybridized carbons (Fsp3) is 0.488. The number of carbonyl (C=O) groups excluding carboxylic acids is 4. The van der Waals surface area contributed by atoms with Crippen LogP contribution in [0.5, 0.6) is 5.75 Å². The molecule has 3 saturated carbocycles. The molecule has 4 unspecified atom stereocenters. The fourth-order valence-corrected chi connectivity index (χ4v) is 10.1. The van der Waals surface area contributed by atoms with Gasteiger partial charge in [0.05, 0.1) is 17.9 Å². The fourth-order valence-electron chi connectivity index (χ4n) is 10.1. The van der Waals surface area contributed by atoms with Gasteiger partial charge in [0.15, 0.2) is 0 Å². The van der Waals surface area contributed by atoms with Crippen molar-refractivity contribution in [3.05, 3.63) is 90.2 Å². The third-order valence-corrected chi connectivity index (χ3v) is 13.1. The molecule has 1 saturated heterocycles. The zero-order valence-electron chi connectivity index (χ0n) is 30.8. The lowest BCUT2D eigenvalue weighted by molar-refractivity contribution is -0.271. The van der Waals surface area contributed by atoms with Crippen molar-refractivity contribution in [1.29, 1.82) is 0 Å². The highest BCUT2D eigenvalue weighted by molar-refractivity contribution is 6.02. The van der Waals surface area contributed by atoms with E-state index in [0.717, 1.165) is 62.5 Å². The van der Waals surface area contributed by atoms with Gasteiger partial charge in [0, 0.05) is 29.4 Å². The van der Waals surface area contributed by atoms with E-state index in [1.165, 1.54) is 28.2 Å². The number of hydrogen-bond donors (Lipinski definition) is 1. The number of rotatable bonds is 16. The van der Waals surface area contributed by atoms with Gasteiger partial charge in [-0.2, -0.15) is 4.89 Å². The number of amides is 2. The summed E-state index contributed by atoms with van der Waals surface area (Å²) < 4.78 is 12.1. The Kier molecular flexibility index (Phi) is 10.1. The Morgan fingerprint density at radius 3 is 2.34 bits per heavy atom. The first kappa shape index (κ1) is 36.6. The summed E-state index contributed by atoms with van der Waals surface area (Å²) >= 11 is 0. The maximum absolute atomic E-state index is 13.6. The minimum atomic E-state index is -0.799. The third-order valence-electron chi connectivity index (χ3n) is 13.1. The van der Waals surface area contributed by atoms with E-state index in [1.54, 1.807) is 6.92 Å². The summed E-state index contributed by atoms with van der Waals surface area (Å²) in [5, 5.41) is 0. The van der Waals surface area contributed by atoms with Gasteiger partial charge in [-0.1, -0.05) is 69.0 Å². The summed E-state index contributed by atoms with van der Waals surface area (Å²) in [5.41, 5.74) is 11.6. The quantitative estimate of drug-likeness (QED) is 0.0493. The maximum atomic E-state index is 13.6. The zero-order chi connectivity index (χ0) is 37.5. The molecule has 4 fully saturated rings. The molecule has 2 aromatic carbocycles. The number of hydrogen-bond acceptors (Lipinski definition) is 8. The van der Waals surface area contributed by atoms with Crippen molar-refractivity contribution < 1.29 is 38.4 Å². The summed E-state index contributed by atoms with van der Waals surface area (Å²) in [5.74, 6) is -2.66. The molecule has 2 aromatic rings. The van der Waals surface area contributed by atoms with Crippen molar-refractivity contribution in [1.82, 2.24) is 4.90 Å². The Morgan fingerprint density at radius 1 is 0.962 bits per heavy atom. The summed E-state index contributed by atoms with van der Waals surface area (Å²) in [6.45, 7) is 10.9. The SMILES string of the molecule is C=CCOOC(=O)C(C)C1C(=O)N2C(C(=O)OCC=C)=C(COc3cccc4c3-c3ccccc3C4CCC34CCC(CC(N)=O)(CC3)CC4)[C@H](C)C12. The largest absolute Gasteiger partial charge is 0.488 e. The number of fused-ring (bicyclic) bond motifs is 7. The van der Waals surface area contributed by atoms with Crippen molar-refractivity contribution in [2.45, 2.75) is 83.6 Å². The van der Waals surface area contributed by atoms with Crippen LogP contribution in [0.25, 0.3) is 11.1 Å². The van der Waals surface area contributed by atoms with Gasteiger partial charge in [-0.25, -0.2) is 9.59 Å². The molecule has 0 radical (unpaired) electrons. The Labute approximate surface area is 311 Å². The number of β-lactam (4-membered cyclic amide) rings is 1. The van der Waals surface area contributed by atoms with Crippen LogP contribution >= 0.6 is 0 Å². The first-order valence-corrected chi connectivity index (χ1v) is 19.0. The van der Waals surface area contributed by atoms with Gasteiger partial charge in [-0.05, 0) is 85.0 Å². The normalized spacial score (nSPS) is 28.3. The molecule has 10 nitrogen and oxygen atoms in total. The van der Waals surface area contributed by atoms with Crippen LogP contribution in [-0.4, -0.2) is 54.5 Å². The molecule has 2 N–H and O–H groups in total. The molecule has 2 aliphatic heterocycles. The molecule has 53 heavy (non-hydrogen) atoms. The second kappa shape index (κ2) is 14.6. The number of carbonyl (C=O) groups is 4. The van der Waals surface area contributed by atoms with E-state index in [9.17, 15) is 19.2 Å². The standard InChI is InChI=1S/C43H50N2O8/c1-5-22-50-41(49)38-32(26(3)37-35(39(47)45(37)38)27(4)40(48)53-52-23-6-2)25-51-33-13-9-12-31-29(28-10-7-8-11-30(28)36(31)33)14-15-42-16-19-43(20-17-42,21-18-42)24-34(44)46/h5-13,26-27,29,35,37H,1-2,14-25H2,3-4H3,(H2,44,46)/t26-,27?,29?,35?,37?,42?,43?/m0/s1. The summed E-state index contributed by atoms with van der Waals surface area (Å²) in [7, 11) is 0. The molecule has 6 aliphatic rings. The highest BCUT2D eigenvalue weighted by Gasteiger charge is 2.61. The molecule has 2 heterocycles. The first-order chi connectivity index (χ1) is 25.5. The molecule has 4 aliphatic carbocycles. The average molecular weight is 723 g/mol. The lowest BCUT2D eigenvalue weighted by atomic mass is 9.51. The second-order valence-corrected chi connectivity index (χ2v) is 15.9. The lowest BCUT2D eigenvalue weighted by Gasteiger charge is -2.53. The topological polar surface area (TPSA) is 134 Å². The summed E-state index contributed by atoms with van der Waals surface area (Å²) in [6, 6.07) is 14.3. The number of primary amides is 1. The molecule has 2 bridgehead atoms. The molecule has 2 amide bonds. The van der Waals surface area contributed by atoms with Crippen LogP contribution < -0.4 is 10.5 Å². The smallest absolute Gasteiger partial charge is 0.355 e. The lowest BCUT2D eigenvalue weighted by Crippen LogP contribution is -2.63. The van der Waals surface area contributed by atoms with Gasteiger partial charge in [0.25, 0.3) is 0 Å². The monoisotopic (exact) mass is 722 g/mol. The van der Waals surface area contributed by atoms with Gasteiger partial charge in [0.1, 0.15) is 31.3 Å². The number of ether oxygens (including phenoxy) is 2. The Morgan fingerprint density at radius 2 is 1.64 bits per heavy atom. The van der Waals surface area contributed by atoms with Crippen molar-refractivity contribution >= 4 is 23.8 Å². The molecule has 5 atom stereocenters. The number of benzene rings is 2. The van der Waals surface area contributed by atoms with E-state index in [-0.39, 0.29) is 54.6 Å². The molecule has 0 aromatic heterocycles. The molecular formula is C43H50N2O8. The van der Waals surface area contributed by atoms with Gasteiger partial charge in [0.2, 0.25) is 11.8 Å². The van der Waals surface area contributed by atoms with Gasteiger partial charge < -0.3 is 20.1 Å². The first-order valence-electron chi connectivity index (χ1n) is 19.0. The van der Waals surface area contributed by atoms with E-state index in [1.807, 2.05) is 19.1 Å². The molecule has 8 rings (SSSR count). The van der Waals surface area contributed by atoms with Crippen molar-refractivity contribution in [2.75, 3.05) is 19.8 Å². The Bertz CT molecular complexity index is 1840. The summed E-state index contributed by atoms with van der Waals surface area (Å²) in [6.07, 6.45) is 12.3. The molecule has 10 heteroatoms. The number of nitrogens with two attached hydrogens (primary N) is 1. The predicted octanol–water partition coefficient (Wildman–Crippen LogP) is 6.93. The van der Waals surface area contributed by atoms with Crippen LogP contribution in [-0.2, 0) is 33.7 Å². The van der Waals surface area contributed by atoms with Crippen molar-refractivity contribution in [3.63, 3.8) is 0 Å². The second-order valence-electron chi connectivity index (χ2n) is 15.9. The Hall–Kier alpha value is -4.70. The van der Waals surface area contributed by atoms with Gasteiger partial charge >= 0.3 is 11.9 Å². The van der Waals surface area contributed by atoms with Crippen molar-refractivity contribution in [2.24, 2.45) is 34.3 Å². The van der Waals surface area contributed by atoms with E-state index >= 15 is 0 Å². The van der Waals surface area contributed by atoms with E-state index in [0.29, 0.717) is 23.2 Å². The van der Waals surface area contributed by atoms with E-state index in [2.05, 4.69) is 43.5 Å². The zero-order valence-corrected chi connectivity index (χ0v) is 30.8. The average Bonchev–Trinajstić information content (AvgIpc) is 3.61. The molecule has 280 valence electrons. The van der Waals surface area contributed by atoms with E-state index in [4.69, 9.17) is 25.0 Å². The number of esters is 1. The predicted molar refractivity (Wildman–Crippen MR) is 198 cm³/mol. The highest BCUT2D eigenvalue weighted by atomic mass is 17.2. The van der Waals surface area contributed by atoms with Crippen LogP contribution in [0.3, 0.4) is 0 Å². The van der Waals surface area contributed by atoms with Crippen molar-refractivity contribution in [3.8, 4) is 16.9 Å². The van der Waals surface area contributed by atoms with Crippen LogP contribution in [0.15, 0.2) is 79.0 Å². The molecule has 0 spiro atoms. The Balaban J connectivity index is 1.11. The van der Waals surface area contributed by atoms with E-state index < -0.39 is 29.8 Å². The van der Waals surface area contributed by atoms with Crippen LogP contribution in [0.2, 0.25) is 0 Å². The minimum Gasteiger partial charge on any atom is -0.488 e. The molecular weight excluding hydrogens is 672 g/mol. The maximum Gasteiger partial charge on any atom is 0.355 e. The van der Waals surface area contributed by atoms with Crippen LogP contribution in [0.1, 0.15) is 88.7 Å². The summed E-state index contributed by atoms with van der Waals surface area (Å²) in [4.78, 5) is 63.0. The third kappa shape index (κ3) is 6.49. The van der Waals surface area contributed by atoms with Gasteiger partial charge in [-0.3, -0.25) is 14.5 Å². The van der Waals surface area contributed by atoms with Gasteiger partial charge in [-0.15, -0.1) is 6.58 Å².